The van der Waals surface area contributed by atoms with Crippen LogP contribution < -0.4 is 5.73 Å². The highest BCUT2D eigenvalue weighted by molar-refractivity contribution is 7.10. The van der Waals surface area contributed by atoms with E-state index in [0.717, 1.165) is 10.4 Å². The topological polar surface area (TPSA) is 112 Å². The zero-order valence-electron chi connectivity index (χ0n) is 7.83. The number of nitrogens with two attached hydrogens (primary N) is 1. The highest BCUT2D eigenvalue weighted by Crippen LogP contribution is 2.16. The summed E-state index contributed by atoms with van der Waals surface area (Å²) in [5, 5.41) is 13.8. The van der Waals surface area contributed by atoms with Gasteiger partial charge in [0.05, 0.1) is 6.54 Å². The molecule has 0 unspecified atom stereocenters. The fraction of sp³-hybridized carbons (Fsp3) is 0.375. The average molecular weight is 226 g/mol. The van der Waals surface area contributed by atoms with E-state index in [1.807, 2.05) is 11.4 Å². The standard InChI is InChI=1S/C8H10N4O2S/c9-7(8(13)14)2-5-1-6(15-4-5)3-11-12-10/h1,4,7H,2-3,9H2,(H,13,14)/t7-/m0/s1. The van der Waals surface area contributed by atoms with Crippen LogP contribution in [0.1, 0.15) is 10.4 Å². The molecule has 6 nitrogen and oxygen atoms in total. The highest BCUT2D eigenvalue weighted by atomic mass is 32.1. The molecule has 80 valence electrons. The molecule has 0 aliphatic heterocycles. The van der Waals surface area contributed by atoms with Crippen molar-refractivity contribution in [3.05, 3.63) is 32.3 Å². The lowest BCUT2D eigenvalue weighted by Crippen LogP contribution is -2.32. The smallest absolute Gasteiger partial charge is 0.320 e. The van der Waals surface area contributed by atoms with Crippen molar-refractivity contribution >= 4 is 17.3 Å². The van der Waals surface area contributed by atoms with Gasteiger partial charge in [0.15, 0.2) is 0 Å². The minimum atomic E-state index is -1.02. The lowest BCUT2D eigenvalue weighted by atomic mass is 10.1. The minimum Gasteiger partial charge on any atom is -0.480 e. The van der Waals surface area contributed by atoms with Crippen LogP contribution in [0.25, 0.3) is 10.4 Å². The normalized spacial score (nSPS) is 11.8. The molecule has 15 heavy (non-hydrogen) atoms. The van der Waals surface area contributed by atoms with Gasteiger partial charge in [0, 0.05) is 9.79 Å². The molecule has 1 rings (SSSR count). The number of rotatable bonds is 5. The molecule has 0 bridgehead atoms. The fourth-order valence-electron chi connectivity index (χ4n) is 1.06. The Balaban J connectivity index is 2.60. The van der Waals surface area contributed by atoms with Crippen molar-refractivity contribution in [1.82, 2.24) is 0 Å². The van der Waals surface area contributed by atoms with Gasteiger partial charge in [-0.05, 0) is 29.0 Å². The number of carbonyl (C=O) groups is 1. The van der Waals surface area contributed by atoms with E-state index in [-0.39, 0.29) is 0 Å². The summed E-state index contributed by atoms with van der Waals surface area (Å²) in [6.07, 6.45) is 0.294. The molecule has 0 saturated carbocycles. The number of hydrogen-bond donors (Lipinski definition) is 2. The van der Waals surface area contributed by atoms with E-state index in [1.54, 1.807) is 0 Å². The Morgan fingerprint density at radius 1 is 1.80 bits per heavy atom. The van der Waals surface area contributed by atoms with Gasteiger partial charge >= 0.3 is 5.97 Å². The van der Waals surface area contributed by atoms with E-state index in [1.165, 1.54) is 11.3 Å². The molecule has 3 N–H and O–H groups in total. The summed E-state index contributed by atoms with van der Waals surface area (Å²) in [6.45, 7) is 0.295. The van der Waals surface area contributed by atoms with Crippen molar-refractivity contribution in [2.45, 2.75) is 19.0 Å². The van der Waals surface area contributed by atoms with Gasteiger partial charge in [0.2, 0.25) is 0 Å². The number of hydrogen-bond acceptors (Lipinski definition) is 4. The molecule has 0 saturated heterocycles. The first-order valence-electron chi connectivity index (χ1n) is 4.19. The van der Waals surface area contributed by atoms with E-state index in [2.05, 4.69) is 10.0 Å². The van der Waals surface area contributed by atoms with Crippen LogP contribution >= 0.6 is 11.3 Å². The van der Waals surface area contributed by atoms with E-state index >= 15 is 0 Å². The lowest BCUT2D eigenvalue weighted by molar-refractivity contribution is -0.138. The molecule has 0 aliphatic rings. The van der Waals surface area contributed by atoms with Gasteiger partial charge in [-0.15, -0.1) is 11.3 Å². The van der Waals surface area contributed by atoms with Gasteiger partial charge in [0.1, 0.15) is 6.04 Å². The quantitative estimate of drug-likeness (QED) is 0.450. The molecule has 0 radical (unpaired) electrons. The Morgan fingerprint density at radius 2 is 2.53 bits per heavy atom. The van der Waals surface area contributed by atoms with Gasteiger partial charge < -0.3 is 10.8 Å². The van der Waals surface area contributed by atoms with Crippen molar-refractivity contribution in [2.75, 3.05) is 0 Å². The molecule has 1 atom stereocenters. The predicted octanol–water partition coefficient (Wildman–Crippen LogP) is 1.51. The van der Waals surface area contributed by atoms with Crippen LogP contribution in [0.4, 0.5) is 0 Å². The molecule has 7 heteroatoms. The Labute approximate surface area is 90.0 Å². The average Bonchev–Trinajstić information content (AvgIpc) is 2.62. The van der Waals surface area contributed by atoms with Crippen molar-refractivity contribution in [1.29, 1.82) is 0 Å². The summed E-state index contributed by atoms with van der Waals surface area (Å²) in [4.78, 5) is 14.0. The summed E-state index contributed by atoms with van der Waals surface area (Å²) in [5.41, 5.74) is 14.4. The largest absolute Gasteiger partial charge is 0.480 e. The number of nitrogens with zero attached hydrogens (tertiary/aromatic N) is 3. The molecule has 1 heterocycles. The van der Waals surface area contributed by atoms with Crippen molar-refractivity contribution < 1.29 is 9.90 Å². The maximum absolute atomic E-state index is 10.5. The molecule has 0 spiro atoms. The second-order valence-corrected chi connectivity index (χ2v) is 3.95. The van der Waals surface area contributed by atoms with Crippen LogP contribution in [0, 0.1) is 0 Å². The minimum absolute atomic E-state index is 0.294. The lowest BCUT2D eigenvalue weighted by Gasteiger charge is -2.02. The molecule has 0 fully saturated rings. The highest BCUT2D eigenvalue weighted by Gasteiger charge is 2.12. The first-order valence-corrected chi connectivity index (χ1v) is 5.07. The summed E-state index contributed by atoms with van der Waals surface area (Å²) in [7, 11) is 0. The Hall–Kier alpha value is -1.56. The SMILES string of the molecule is [N-]=[N+]=NCc1cc(C[C@H](N)C(=O)O)cs1. The Bertz CT molecular complexity index is 397. The third-order valence-corrected chi connectivity index (χ3v) is 2.74. The molecule has 1 aromatic heterocycles. The second kappa shape index (κ2) is 5.35. The molecule has 0 aromatic carbocycles. The van der Waals surface area contributed by atoms with Crippen molar-refractivity contribution in [3.8, 4) is 0 Å². The molecule has 0 amide bonds. The summed E-state index contributed by atoms with van der Waals surface area (Å²) in [6, 6.07) is 0.925. The number of thiophene rings is 1. The van der Waals surface area contributed by atoms with Crippen molar-refractivity contribution in [2.24, 2.45) is 10.8 Å². The number of carboxylic acid groups (broad SMARTS) is 1. The third kappa shape index (κ3) is 3.59. The van der Waals surface area contributed by atoms with E-state index < -0.39 is 12.0 Å². The monoisotopic (exact) mass is 226 g/mol. The van der Waals surface area contributed by atoms with Crippen molar-refractivity contribution in [3.63, 3.8) is 0 Å². The van der Waals surface area contributed by atoms with Gasteiger partial charge in [-0.1, -0.05) is 5.11 Å². The Kier molecular flexibility index (Phi) is 4.11. The van der Waals surface area contributed by atoms with Crippen LogP contribution in [-0.4, -0.2) is 17.1 Å². The van der Waals surface area contributed by atoms with Gasteiger partial charge in [-0.25, -0.2) is 0 Å². The van der Waals surface area contributed by atoms with Gasteiger partial charge in [-0.3, -0.25) is 4.79 Å². The molecular formula is C8H10N4O2S. The van der Waals surface area contributed by atoms with Crippen LogP contribution in [-0.2, 0) is 17.8 Å². The Morgan fingerprint density at radius 3 is 3.13 bits per heavy atom. The van der Waals surface area contributed by atoms with Crippen LogP contribution in [0.5, 0.6) is 0 Å². The van der Waals surface area contributed by atoms with Crippen LogP contribution in [0.2, 0.25) is 0 Å². The number of aliphatic carboxylic acids is 1. The predicted molar refractivity (Wildman–Crippen MR) is 56.5 cm³/mol. The zero-order chi connectivity index (χ0) is 11.3. The van der Waals surface area contributed by atoms with E-state index in [0.29, 0.717) is 13.0 Å². The summed E-state index contributed by atoms with van der Waals surface area (Å²) < 4.78 is 0. The third-order valence-electron chi connectivity index (χ3n) is 1.77. The van der Waals surface area contributed by atoms with Crippen LogP contribution in [0.3, 0.4) is 0 Å². The molecule has 1 aromatic rings. The maximum Gasteiger partial charge on any atom is 0.320 e. The summed E-state index contributed by atoms with van der Waals surface area (Å²) in [5.74, 6) is -1.02. The van der Waals surface area contributed by atoms with Crippen LogP contribution in [0.15, 0.2) is 16.6 Å². The second-order valence-electron chi connectivity index (χ2n) is 2.96. The molecule has 0 aliphatic carbocycles. The van der Waals surface area contributed by atoms with E-state index in [4.69, 9.17) is 16.4 Å². The molecular weight excluding hydrogens is 216 g/mol. The maximum atomic E-state index is 10.5. The van der Waals surface area contributed by atoms with Gasteiger partial charge in [-0.2, -0.15) is 0 Å². The first-order chi connectivity index (χ1) is 7.13. The fourth-order valence-corrected chi connectivity index (χ4v) is 1.88. The summed E-state index contributed by atoms with van der Waals surface area (Å²) >= 11 is 1.43. The zero-order valence-corrected chi connectivity index (χ0v) is 8.65. The first kappa shape index (κ1) is 11.5. The number of carboxylic acids is 1. The van der Waals surface area contributed by atoms with E-state index in [9.17, 15) is 4.79 Å². The number of azide groups is 1. The van der Waals surface area contributed by atoms with Gasteiger partial charge in [0.25, 0.3) is 0 Å².